The SMILES string of the molecule is CCN1CC(O)N(c2cc(C(F)(F)F)ccn2)C1=O. The highest BCUT2D eigenvalue weighted by Crippen LogP contribution is 2.32. The van der Waals surface area contributed by atoms with Gasteiger partial charge < -0.3 is 10.0 Å². The Bertz CT molecular complexity index is 492. The van der Waals surface area contributed by atoms with Crippen LogP contribution >= 0.6 is 0 Å². The van der Waals surface area contributed by atoms with Crippen molar-refractivity contribution in [3.63, 3.8) is 0 Å². The molecule has 0 radical (unpaired) electrons. The highest BCUT2D eigenvalue weighted by Gasteiger charge is 2.38. The summed E-state index contributed by atoms with van der Waals surface area (Å²) in [5, 5.41) is 9.75. The molecular formula is C11H12F3N3O2. The van der Waals surface area contributed by atoms with Crippen molar-refractivity contribution in [1.82, 2.24) is 9.88 Å². The fraction of sp³-hybridized carbons (Fsp3) is 0.455. The summed E-state index contributed by atoms with van der Waals surface area (Å²) >= 11 is 0. The second-order valence-electron chi connectivity index (χ2n) is 4.07. The first-order valence-electron chi connectivity index (χ1n) is 5.64. The second kappa shape index (κ2) is 4.69. The smallest absolute Gasteiger partial charge is 0.371 e. The first-order chi connectivity index (χ1) is 8.84. The van der Waals surface area contributed by atoms with Crippen LogP contribution in [0.3, 0.4) is 0 Å². The fourth-order valence-electron chi connectivity index (χ4n) is 1.88. The van der Waals surface area contributed by atoms with E-state index in [-0.39, 0.29) is 12.4 Å². The van der Waals surface area contributed by atoms with E-state index in [0.29, 0.717) is 6.54 Å². The standard InChI is InChI=1S/C11H12F3N3O2/c1-2-16-6-9(18)17(10(16)19)8-5-7(3-4-15-8)11(12,13)14/h3-5,9,18H,2,6H2,1H3. The molecule has 0 aromatic carbocycles. The zero-order chi connectivity index (χ0) is 14.2. The third-order valence-corrected chi connectivity index (χ3v) is 2.86. The molecule has 1 saturated heterocycles. The van der Waals surface area contributed by atoms with Crippen molar-refractivity contribution in [3.8, 4) is 0 Å². The van der Waals surface area contributed by atoms with Gasteiger partial charge in [0.15, 0.2) is 6.23 Å². The summed E-state index contributed by atoms with van der Waals surface area (Å²) in [7, 11) is 0. The molecule has 0 spiro atoms. The number of hydrogen-bond acceptors (Lipinski definition) is 3. The van der Waals surface area contributed by atoms with Gasteiger partial charge in [0.05, 0.1) is 12.1 Å². The number of pyridine rings is 1. The minimum absolute atomic E-state index is 0.0489. The van der Waals surface area contributed by atoms with Gasteiger partial charge in [-0.3, -0.25) is 0 Å². The van der Waals surface area contributed by atoms with Crippen molar-refractivity contribution in [2.75, 3.05) is 18.0 Å². The maximum absolute atomic E-state index is 12.6. The summed E-state index contributed by atoms with van der Waals surface area (Å²) in [6, 6.07) is 1.01. The van der Waals surface area contributed by atoms with Gasteiger partial charge in [0.1, 0.15) is 5.82 Å². The van der Waals surface area contributed by atoms with Crippen LogP contribution in [0.5, 0.6) is 0 Å². The lowest BCUT2D eigenvalue weighted by atomic mass is 10.2. The van der Waals surface area contributed by atoms with E-state index in [1.54, 1.807) is 6.92 Å². The third-order valence-electron chi connectivity index (χ3n) is 2.86. The van der Waals surface area contributed by atoms with Gasteiger partial charge in [0.25, 0.3) is 0 Å². The number of rotatable bonds is 2. The fourth-order valence-corrected chi connectivity index (χ4v) is 1.88. The van der Waals surface area contributed by atoms with E-state index in [9.17, 15) is 23.1 Å². The molecule has 1 unspecified atom stereocenters. The van der Waals surface area contributed by atoms with Crippen molar-refractivity contribution in [3.05, 3.63) is 23.9 Å². The highest BCUT2D eigenvalue weighted by atomic mass is 19.4. The summed E-state index contributed by atoms with van der Waals surface area (Å²) < 4.78 is 37.8. The Morgan fingerprint density at radius 2 is 2.21 bits per heavy atom. The van der Waals surface area contributed by atoms with Crippen molar-refractivity contribution in [2.45, 2.75) is 19.3 Å². The molecule has 5 nitrogen and oxygen atoms in total. The quantitative estimate of drug-likeness (QED) is 0.893. The molecule has 1 fully saturated rings. The number of hydrogen-bond donors (Lipinski definition) is 1. The van der Waals surface area contributed by atoms with Crippen molar-refractivity contribution in [1.29, 1.82) is 0 Å². The van der Waals surface area contributed by atoms with Crippen LogP contribution in [0.15, 0.2) is 18.3 Å². The van der Waals surface area contributed by atoms with Crippen LogP contribution < -0.4 is 4.90 Å². The van der Waals surface area contributed by atoms with Gasteiger partial charge in [-0.1, -0.05) is 0 Å². The molecular weight excluding hydrogens is 263 g/mol. The van der Waals surface area contributed by atoms with Crippen LogP contribution in [0, 0.1) is 0 Å². The summed E-state index contributed by atoms with van der Waals surface area (Å²) in [6.07, 6.45) is -4.74. The maximum atomic E-state index is 12.6. The van der Waals surface area contributed by atoms with Crippen LogP contribution in [-0.2, 0) is 6.18 Å². The zero-order valence-electron chi connectivity index (χ0n) is 10.1. The van der Waals surface area contributed by atoms with Gasteiger partial charge in [-0.2, -0.15) is 13.2 Å². The second-order valence-corrected chi connectivity index (χ2v) is 4.07. The van der Waals surface area contributed by atoms with Crippen LogP contribution in [0.25, 0.3) is 0 Å². The number of nitrogens with zero attached hydrogens (tertiary/aromatic N) is 3. The molecule has 0 saturated carbocycles. The van der Waals surface area contributed by atoms with Gasteiger partial charge in [-0.05, 0) is 19.1 Å². The van der Waals surface area contributed by atoms with Crippen LogP contribution in [0.1, 0.15) is 12.5 Å². The lowest BCUT2D eigenvalue weighted by molar-refractivity contribution is -0.137. The Morgan fingerprint density at radius 1 is 1.53 bits per heavy atom. The first kappa shape index (κ1) is 13.6. The summed E-state index contributed by atoms with van der Waals surface area (Å²) in [5.41, 5.74) is -0.910. The van der Waals surface area contributed by atoms with Gasteiger partial charge in [0, 0.05) is 12.7 Å². The van der Waals surface area contributed by atoms with Crippen molar-refractivity contribution in [2.24, 2.45) is 0 Å². The van der Waals surface area contributed by atoms with E-state index < -0.39 is 24.0 Å². The molecule has 2 amide bonds. The number of carbonyl (C=O) groups excluding carboxylic acids is 1. The number of alkyl halides is 3. The van der Waals surface area contributed by atoms with Gasteiger partial charge in [-0.15, -0.1) is 0 Å². The predicted molar refractivity (Wildman–Crippen MR) is 60.4 cm³/mol. The molecule has 1 N–H and O–H groups in total. The minimum atomic E-state index is -4.52. The zero-order valence-corrected chi connectivity index (χ0v) is 10.1. The number of carbonyl (C=O) groups is 1. The monoisotopic (exact) mass is 275 g/mol. The Labute approximate surface area is 107 Å². The highest BCUT2D eigenvalue weighted by molar-refractivity contribution is 5.93. The molecule has 2 heterocycles. The summed E-state index contributed by atoms with van der Waals surface area (Å²) in [6.45, 7) is 2.13. The molecule has 2 rings (SSSR count). The van der Waals surface area contributed by atoms with E-state index in [2.05, 4.69) is 4.98 Å². The Kier molecular flexibility index (Phi) is 3.36. The molecule has 1 aliphatic heterocycles. The van der Waals surface area contributed by atoms with Crippen LogP contribution in [-0.4, -0.2) is 40.3 Å². The number of halogens is 3. The maximum Gasteiger partial charge on any atom is 0.416 e. The molecule has 0 aliphatic carbocycles. The number of β-amino-alcohol motifs (C(OH)–C–C–N with tert-alkyl or cyclic N) is 1. The first-order valence-corrected chi connectivity index (χ1v) is 5.64. The van der Waals surface area contributed by atoms with E-state index >= 15 is 0 Å². The van der Waals surface area contributed by atoms with Crippen molar-refractivity contribution < 1.29 is 23.1 Å². The van der Waals surface area contributed by atoms with E-state index in [0.717, 1.165) is 23.2 Å². The summed E-state index contributed by atoms with van der Waals surface area (Å²) in [4.78, 5) is 17.8. The average Bonchev–Trinajstić information content (AvgIpc) is 2.63. The number of aromatic nitrogens is 1. The lowest BCUT2D eigenvalue weighted by Crippen LogP contribution is -2.35. The molecule has 1 aliphatic rings. The van der Waals surface area contributed by atoms with E-state index in [4.69, 9.17) is 0 Å². The van der Waals surface area contributed by atoms with Gasteiger partial charge >= 0.3 is 12.2 Å². The van der Waals surface area contributed by atoms with Gasteiger partial charge in [0.2, 0.25) is 0 Å². The molecule has 1 aromatic heterocycles. The lowest BCUT2D eigenvalue weighted by Gasteiger charge is -2.19. The topological polar surface area (TPSA) is 56.7 Å². The molecule has 1 atom stereocenters. The van der Waals surface area contributed by atoms with E-state index in [1.807, 2.05) is 0 Å². The number of likely N-dealkylation sites (N-methyl/N-ethyl adjacent to an activating group) is 1. The number of anilines is 1. The molecule has 1 aromatic rings. The number of aliphatic hydroxyl groups excluding tert-OH is 1. The Hall–Kier alpha value is -1.83. The predicted octanol–water partition coefficient (Wildman–Crippen LogP) is 1.68. The Balaban J connectivity index is 2.35. The Morgan fingerprint density at radius 3 is 2.74 bits per heavy atom. The van der Waals surface area contributed by atoms with Gasteiger partial charge in [-0.25, -0.2) is 14.7 Å². The number of amides is 2. The normalized spacial score (nSPS) is 20.3. The average molecular weight is 275 g/mol. The third kappa shape index (κ3) is 2.48. The van der Waals surface area contributed by atoms with Crippen molar-refractivity contribution >= 4 is 11.8 Å². The molecule has 104 valence electrons. The van der Waals surface area contributed by atoms with Crippen LogP contribution in [0.4, 0.5) is 23.8 Å². The number of urea groups is 1. The minimum Gasteiger partial charge on any atom is -0.371 e. The summed E-state index contributed by atoms with van der Waals surface area (Å²) in [5.74, 6) is -0.205. The largest absolute Gasteiger partial charge is 0.416 e. The molecule has 0 bridgehead atoms. The molecule has 8 heteroatoms. The van der Waals surface area contributed by atoms with Crippen LogP contribution in [0.2, 0.25) is 0 Å². The molecule has 19 heavy (non-hydrogen) atoms. The number of aliphatic hydroxyl groups is 1. The van der Waals surface area contributed by atoms with E-state index in [1.165, 1.54) is 4.90 Å².